The normalized spacial score (nSPS) is 13.2. The van der Waals surface area contributed by atoms with Gasteiger partial charge in [-0.15, -0.1) is 0 Å². The summed E-state index contributed by atoms with van der Waals surface area (Å²) in [6, 6.07) is 0.486. The highest BCUT2D eigenvalue weighted by Crippen LogP contribution is 2.18. The first-order valence-corrected chi connectivity index (χ1v) is 7.02. The summed E-state index contributed by atoms with van der Waals surface area (Å²) in [7, 11) is 3.37. The number of rotatable bonds is 9. The molecule has 0 rings (SSSR count). The maximum atomic E-state index is 11.0. The Morgan fingerprint density at radius 3 is 2.12 bits per heavy atom. The lowest BCUT2D eigenvalue weighted by Crippen LogP contribution is -2.43. The van der Waals surface area contributed by atoms with E-state index in [1.165, 1.54) is 28.4 Å². The number of hydrogen-bond acceptors (Lipinski definition) is 6. The Bertz CT molecular complexity index is 233. The Hall–Kier alpha value is -0.733. The van der Waals surface area contributed by atoms with E-state index in [1.54, 1.807) is 0 Å². The van der Waals surface area contributed by atoms with Crippen LogP contribution in [0.5, 0.6) is 0 Å². The average Bonchev–Trinajstić information content (AvgIpc) is 2.39. The van der Waals surface area contributed by atoms with Crippen LogP contribution in [0, 0.1) is 0 Å². The average molecular weight is 264 g/mol. The highest BCUT2D eigenvalue weighted by molar-refractivity contribution is 6.60. The van der Waals surface area contributed by atoms with E-state index < -0.39 is 21.1 Å². The third-order valence-corrected chi connectivity index (χ3v) is 5.06. The van der Waals surface area contributed by atoms with Gasteiger partial charge < -0.3 is 22.8 Å². The second kappa shape index (κ2) is 8.37. The number of methoxy groups -OCH3 is 1. The lowest BCUT2D eigenvalue weighted by molar-refractivity contribution is -0.168. The van der Waals surface area contributed by atoms with Gasteiger partial charge in [-0.3, -0.25) is 0 Å². The van der Waals surface area contributed by atoms with Crippen molar-refractivity contribution in [2.45, 2.75) is 18.8 Å². The molecule has 6 nitrogen and oxygen atoms in total. The van der Waals surface area contributed by atoms with Gasteiger partial charge in [0, 0.05) is 47.0 Å². The zero-order valence-electron chi connectivity index (χ0n) is 10.7. The van der Waals surface area contributed by atoms with Gasteiger partial charge in [0.2, 0.25) is 6.29 Å². The van der Waals surface area contributed by atoms with Gasteiger partial charge in [0.15, 0.2) is 0 Å². The molecule has 0 saturated heterocycles. The van der Waals surface area contributed by atoms with Gasteiger partial charge in [-0.05, 0) is 0 Å². The standard InChI is InChI=1S/C10H20O6Si/c1-6-9(11)16-10(12-2)7-8-17(13-3,14-4)15-5/h6,10H,1,7-8H2,2-5H3. The van der Waals surface area contributed by atoms with Crippen molar-refractivity contribution in [3.63, 3.8) is 0 Å². The van der Waals surface area contributed by atoms with Crippen molar-refractivity contribution in [1.82, 2.24) is 0 Å². The summed E-state index contributed by atoms with van der Waals surface area (Å²) in [6.07, 6.45) is 0.852. The van der Waals surface area contributed by atoms with E-state index in [9.17, 15) is 4.79 Å². The molecular weight excluding hydrogens is 244 g/mol. The third-order valence-electron chi connectivity index (χ3n) is 2.30. The molecule has 0 aromatic heterocycles. The molecule has 0 N–H and O–H groups in total. The highest BCUT2D eigenvalue weighted by atomic mass is 28.4. The maximum absolute atomic E-state index is 11.0. The molecular formula is C10H20O6Si. The fourth-order valence-electron chi connectivity index (χ4n) is 1.25. The SMILES string of the molecule is C=CC(=O)OC(CC[Si](OC)(OC)OC)OC. The lowest BCUT2D eigenvalue weighted by atomic mass is 10.4. The Morgan fingerprint density at radius 1 is 1.24 bits per heavy atom. The molecule has 0 heterocycles. The molecule has 0 fully saturated rings. The molecule has 0 amide bonds. The second-order valence-corrected chi connectivity index (χ2v) is 6.23. The van der Waals surface area contributed by atoms with Crippen LogP contribution >= 0.6 is 0 Å². The van der Waals surface area contributed by atoms with E-state index in [1.807, 2.05) is 0 Å². The van der Waals surface area contributed by atoms with Gasteiger partial charge in [-0.2, -0.15) is 0 Å². The molecule has 0 aromatic carbocycles. The first-order valence-electron chi connectivity index (χ1n) is 5.08. The summed E-state index contributed by atoms with van der Waals surface area (Å²) in [4.78, 5) is 11.0. The summed E-state index contributed by atoms with van der Waals surface area (Å²) in [5, 5.41) is 0. The predicted molar refractivity (Wildman–Crippen MR) is 63.3 cm³/mol. The molecule has 0 spiro atoms. The quantitative estimate of drug-likeness (QED) is 0.267. The zero-order chi connectivity index (χ0) is 13.3. The molecule has 0 radical (unpaired) electrons. The Kier molecular flexibility index (Phi) is 8.01. The first kappa shape index (κ1) is 16.3. The molecule has 0 aliphatic carbocycles. The topological polar surface area (TPSA) is 63.2 Å². The third kappa shape index (κ3) is 5.42. The van der Waals surface area contributed by atoms with Gasteiger partial charge in [-0.1, -0.05) is 6.58 Å². The summed E-state index contributed by atoms with van der Waals surface area (Å²) in [5.41, 5.74) is 0. The van der Waals surface area contributed by atoms with Crippen LogP contribution in [0.3, 0.4) is 0 Å². The molecule has 0 aromatic rings. The Morgan fingerprint density at radius 2 is 1.76 bits per heavy atom. The van der Waals surface area contributed by atoms with Gasteiger partial charge >= 0.3 is 14.8 Å². The molecule has 0 aliphatic heterocycles. The van der Waals surface area contributed by atoms with Gasteiger partial charge in [0.05, 0.1) is 0 Å². The van der Waals surface area contributed by atoms with Crippen LogP contribution in [-0.4, -0.2) is 49.5 Å². The van der Waals surface area contributed by atoms with Crippen LogP contribution in [0.4, 0.5) is 0 Å². The molecule has 7 heteroatoms. The number of carbonyl (C=O) groups excluding carboxylic acids is 1. The maximum Gasteiger partial charge on any atom is 0.500 e. The van der Waals surface area contributed by atoms with Crippen LogP contribution in [-0.2, 0) is 27.5 Å². The summed E-state index contributed by atoms with van der Waals surface area (Å²) < 4.78 is 25.7. The molecule has 1 atom stereocenters. The fraction of sp³-hybridized carbons (Fsp3) is 0.700. The van der Waals surface area contributed by atoms with Crippen LogP contribution in [0.1, 0.15) is 6.42 Å². The van der Waals surface area contributed by atoms with E-state index in [2.05, 4.69) is 6.58 Å². The van der Waals surface area contributed by atoms with E-state index >= 15 is 0 Å². The number of carbonyl (C=O) groups is 1. The van der Waals surface area contributed by atoms with Crippen molar-refractivity contribution >= 4 is 14.8 Å². The van der Waals surface area contributed by atoms with Gasteiger partial charge in [-0.25, -0.2) is 4.79 Å². The van der Waals surface area contributed by atoms with Crippen LogP contribution in [0.2, 0.25) is 6.04 Å². The Labute approximate surface area is 103 Å². The molecule has 0 aliphatic rings. The number of ether oxygens (including phenoxy) is 2. The van der Waals surface area contributed by atoms with Gasteiger partial charge in [0.1, 0.15) is 0 Å². The number of hydrogen-bond donors (Lipinski definition) is 0. The van der Waals surface area contributed by atoms with Gasteiger partial charge in [0.25, 0.3) is 0 Å². The van der Waals surface area contributed by atoms with E-state index in [4.69, 9.17) is 22.8 Å². The molecule has 0 saturated carbocycles. The largest absolute Gasteiger partial charge is 0.500 e. The summed E-state index contributed by atoms with van der Waals surface area (Å²) in [5.74, 6) is -0.531. The van der Waals surface area contributed by atoms with E-state index in [0.29, 0.717) is 12.5 Å². The van der Waals surface area contributed by atoms with Crippen molar-refractivity contribution in [1.29, 1.82) is 0 Å². The molecule has 100 valence electrons. The molecule has 1 unspecified atom stereocenters. The highest BCUT2D eigenvalue weighted by Gasteiger charge is 2.38. The fourth-order valence-corrected chi connectivity index (χ4v) is 2.95. The van der Waals surface area contributed by atoms with Crippen molar-refractivity contribution in [3.05, 3.63) is 12.7 Å². The zero-order valence-corrected chi connectivity index (χ0v) is 11.7. The second-order valence-electron chi connectivity index (χ2n) is 3.14. The van der Waals surface area contributed by atoms with Crippen LogP contribution in [0.25, 0.3) is 0 Å². The van der Waals surface area contributed by atoms with E-state index in [0.717, 1.165) is 6.08 Å². The Balaban J connectivity index is 4.29. The van der Waals surface area contributed by atoms with Crippen molar-refractivity contribution in [2.24, 2.45) is 0 Å². The smallest absolute Gasteiger partial charge is 0.433 e. The monoisotopic (exact) mass is 264 g/mol. The minimum Gasteiger partial charge on any atom is -0.433 e. The lowest BCUT2D eigenvalue weighted by Gasteiger charge is -2.25. The van der Waals surface area contributed by atoms with Crippen molar-refractivity contribution in [3.8, 4) is 0 Å². The molecule has 0 bridgehead atoms. The van der Waals surface area contributed by atoms with Crippen molar-refractivity contribution in [2.75, 3.05) is 28.4 Å². The minimum atomic E-state index is -2.65. The number of esters is 1. The first-order chi connectivity index (χ1) is 8.07. The predicted octanol–water partition coefficient (Wildman–Crippen LogP) is 0.956. The summed E-state index contributed by atoms with van der Waals surface area (Å²) in [6.45, 7) is 3.31. The van der Waals surface area contributed by atoms with Crippen LogP contribution in [0.15, 0.2) is 12.7 Å². The minimum absolute atomic E-state index is 0.428. The van der Waals surface area contributed by atoms with Crippen molar-refractivity contribution < 1.29 is 27.5 Å². The molecule has 17 heavy (non-hydrogen) atoms. The summed E-state index contributed by atoms with van der Waals surface area (Å²) >= 11 is 0. The van der Waals surface area contributed by atoms with Crippen LogP contribution < -0.4 is 0 Å². The van der Waals surface area contributed by atoms with E-state index in [-0.39, 0.29) is 0 Å².